The molecule has 0 amide bonds. The van der Waals surface area contributed by atoms with E-state index in [1.54, 1.807) is 11.8 Å². The second-order valence-corrected chi connectivity index (χ2v) is 5.71. The van der Waals surface area contributed by atoms with Crippen molar-refractivity contribution in [3.05, 3.63) is 58.2 Å². The van der Waals surface area contributed by atoms with Crippen molar-refractivity contribution in [2.24, 2.45) is 0 Å². The van der Waals surface area contributed by atoms with Gasteiger partial charge in [-0.05, 0) is 29.8 Å². The molecule has 0 N–H and O–H groups in total. The van der Waals surface area contributed by atoms with Gasteiger partial charge in [0.15, 0.2) is 10.8 Å². The molecule has 0 aliphatic carbocycles. The molecular weight excluding hydrogens is 301 g/mol. The largest absolute Gasteiger partial charge is 0.277 e. The molecule has 3 aromatic rings. The number of nitrogens with zero attached hydrogens (tertiary/aromatic N) is 3. The van der Waals surface area contributed by atoms with Crippen molar-refractivity contribution in [1.29, 1.82) is 0 Å². The normalized spacial score (nSPS) is 11.1. The third-order valence-electron chi connectivity index (χ3n) is 2.63. The maximum absolute atomic E-state index is 6.00. The summed E-state index contributed by atoms with van der Waals surface area (Å²) in [7, 11) is 0. The van der Waals surface area contributed by atoms with Gasteiger partial charge in [0.05, 0.1) is 10.0 Å². The van der Waals surface area contributed by atoms with Crippen LogP contribution in [0.4, 0.5) is 0 Å². The fourth-order valence-electron chi connectivity index (χ4n) is 1.70. The second-order valence-electron chi connectivity index (χ2n) is 3.95. The summed E-state index contributed by atoms with van der Waals surface area (Å²) in [6, 6.07) is 11.5. The minimum atomic E-state index is 0.573. The zero-order chi connectivity index (χ0) is 13.2. The van der Waals surface area contributed by atoms with E-state index >= 15 is 0 Å². The number of hydrogen-bond acceptors (Lipinski definition) is 3. The van der Waals surface area contributed by atoms with Gasteiger partial charge in [-0.1, -0.05) is 47.1 Å². The van der Waals surface area contributed by atoms with Crippen LogP contribution in [-0.4, -0.2) is 14.6 Å². The fraction of sp³-hybridized carbons (Fsp3) is 0.0769. The van der Waals surface area contributed by atoms with Crippen LogP contribution in [0.1, 0.15) is 5.56 Å². The van der Waals surface area contributed by atoms with Crippen molar-refractivity contribution in [3.8, 4) is 0 Å². The minimum absolute atomic E-state index is 0.573. The molecule has 2 heterocycles. The summed E-state index contributed by atoms with van der Waals surface area (Å²) >= 11 is 13.5. The van der Waals surface area contributed by atoms with Crippen LogP contribution in [0.3, 0.4) is 0 Å². The molecule has 0 saturated heterocycles. The Morgan fingerprint density at radius 3 is 2.79 bits per heavy atom. The molecule has 0 saturated carbocycles. The van der Waals surface area contributed by atoms with Crippen LogP contribution in [0.5, 0.6) is 0 Å². The van der Waals surface area contributed by atoms with Crippen LogP contribution < -0.4 is 0 Å². The predicted molar refractivity (Wildman–Crippen MR) is 79.0 cm³/mol. The summed E-state index contributed by atoms with van der Waals surface area (Å²) in [5.41, 5.74) is 1.95. The zero-order valence-electron chi connectivity index (χ0n) is 9.75. The van der Waals surface area contributed by atoms with E-state index in [2.05, 4.69) is 10.2 Å². The number of aromatic nitrogens is 3. The first-order valence-corrected chi connectivity index (χ1v) is 7.35. The van der Waals surface area contributed by atoms with E-state index in [4.69, 9.17) is 23.2 Å². The Balaban J connectivity index is 1.80. The van der Waals surface area contributed by atoms with Crippen LogP contribution in [0.15, 0.2) is 47.8 Å². The average molecular weight is 310 g/mol. The topological polar surface area (TPSA) is 30.2 Å². The summed E-state index contributed by atoms with van der Waals surface area (Å²) in [5.74, 6) is 0.770. The quantitative estimate of drug-likeness (QED) is 0.675. The maximum atomic E-state index is 6.00. The van der Waals surface area contributed by atoms with Gasteiger partial charge in [-0.25, -0.2) is 0 Å². The molecular formula is C13H9Cl2N3S. The Hall–Kier alpha value is -1.23. The summed E-state index contributed by atoms with van der Waals surface area (Å²) in [6.45, 7) is 0. The molecule has 96 valence electrons. The third-order valence-corrected chi connectivity index (χ3v) is 4.39. The molecule has 0 fully saturated rings. The first-order chi connectivity index (χ1) is 9.24. The highest BCUT2D eigenvalue weighted by atomic mass is 35.5. The van der Waals surface area contributed by atoms with Crippen molar-refractivity contribution in [1.82, 2.24) is 14.6 Å². The Bertz CT molecular complexity index is 727. The number of hydrogen-bond donors (Lipinski definition) is 0. The molecule has 19 heavy (non-hydrogen) atoms. The summed E-state index contributed by atoms with van der Waals surface area (Å²) < 4.78 is 1.96. The molecule has 0 atom stereocenters. The van der Waals surface area contributed by atoms with E-state index in [0.717, 1.165) is 22.1 Å². The Morgan fingerprint density at radius 2 is 1.95 bits per heavy atom. The molecule has 0 radical (unpaired) electrons. The van der Waals surface area contributed by atoms with Crippen LogP contribution in [0.25, 0.3) is 5.65 Å². The third kappa shape index (κ3) is 2.71. The standard InChI is InChI=1S/C13H9Cl2N3S/c14-10-5-4-9(7-11(10)15)8-19-13-17-16-12-3-1-2-6-18(12)13/h1-7H,8H2. The van der Waals surface area contributed by atoms with Crippen LogP contribution in [0.2, 0.25) is 10.0 Å². The molecule has 0 spiro atoms. The molecule has 3 nitrogen and oxygen atoms in total. The lowest BCUT2D eigenvalue weighted by molar-refractivity contribution is 0.921. The predicted octanol–water partition coefficient (Wildman–Crippen LogP) is 4.33. The highest BCUT2D eigenvalue weighted by Gasteiger charge is 2.06. The van der Waals surface area contributed by atoms with E-state index in [9.17, 15) is 0 Å². The molecule has 0 aliphatic heterocycles. The minimum Gasteiger partial charge on any atom is -0.277 e. The maximum Gasteiger partial charge on any atom is 0.195 e. The van der Waals surface area contributed by atoms with Crippen LogP contribution in [-0.2, 0) is 5.75 Å². The summed E-state index contributed by atoms with van der Waals surface area (Å²) in [6.07, 6.45) is 1.95. The second kappa shape index (κ2) is 5.41. The van der Waals surface area contributed by atoms with Crippen molar-refractivity contribution < 1.29 is 0 Å². The highest BCUT2D eigenvalue weighted by molar-refractivity contribution is 7.98. The van der Waals surface area contributed by atoms with Gasteiger partial charge in [0.1, 0.15) is 0 Å². The van der Waals surface area contributed by atoms with Gasteiger partial charge in [0.2, 0.25) is 0 Å². The van der Waals surface area contributed by atoms with E-state index in [1.807, 2.05) is 47.0 Å². The average Bonchev–Trinajstić information content (AvgIpc) is 2.83. The molecule has 0 aliphatic rings. The van der Waals surface area contributed by atoms with Gasteiger partial charge in [0.25, 0.3) is 0 Å². The summed E-state index contributed by atoms with van der Waals surface area (Å²) in [5, 5.41) is 10.3. The monoisotopic (exact) mass is 309 g/mol. The van der Waals surface area contributed by atoms with Crippen molar-refractivity contribution in [2.45, 2.75) is 10.9 Å². The van der Waals surface area contributed by atoms with Crippen molar-refractivity contribution in [2.75, 3.05) is 0 Å². The Labute approximate surface area is 124 Å². The lowest BCUT2D eigenvalue weighted by Gasteiger charge is -2.02. The van der Waals surface area contributed by atoms with Crippen LogP contribution >= 0.6 is 35.0 Å². The van der Waals surface area contributed by atoms with E-state index in [-0.39, 0.29) is 0 Å². The lowest BCUT2D eigenvalue weighted by atomic mass is 10.2. The first-order valence-electron chi connectivity index (χ1n) is 5.60. The Kier molecular flexibility index (Phi) is 3.64. The molecule has 3 rings (SSSR count). The summed E-state index contributed by atoms with van der Waals surface area (Å²) in [4.78, 5) is 0. The number of thioether (sulfide) groups is 1. The number of benzene rings is 1. The van der Waals surface area contributed by atoms with Gasteiger partial charge < -0.3 is 0 Å². The number of fused-ring (bicyclic) bond motifs is 1. The SMILES string of the molecule is Clc1ccc(CSc2nnc3ccccn23)cc1Cl. The van der Waals surface area contributed by atoms with E-state index in [0.29, 0.717) is 10.0 Å². The van der Waals surface area contributed by atoms with Gasteiger partial charge >= 0.3 is 0 Å². The number of rotatable bonds is 3. The smallest absolute Gasteiger partial charge is 0.195 e. The Morgan fingerprint density at radius 1 is 1.05 bits per heavy atom. The molecule has 0 bridgehead atoms. The number of pyridine rings is 1. The fourth-order valence-corrected chi connectivity index (χ4v) is 2.88. The molecule has 2 aromatic heterocycles. The molecule has 6 heteroatoms. The lowest BCUT2D eigenvalue weighted by Crippen LogP contribution is -1.87. The molecule has 0 unspecified atom stereocenters. The van der Waals surface area contributed by atoms with Gasteiger partial charge in [-0.15, -0.1) is 10.2 Å². The van der Waals surface area contributed by atoms with Gasteiger partial charge in [0, 0.05) is 11.9 Å². The highest BCUT2D eigenvalue weighted by Crippen LogP contribution is 2.27. The zero-order valence-corrected chi connectivity index (χ0v) is 12.1. The van der Waals surface area contributed by atoms with Crippen molar-refractivity contribution in [3.63, 3.8) is 0 Å². The molecule has 1 aromatic carbocycles. The van der Waals surface area contributed by atoms with Crippen molar-refractivity contribution >= 4 is 40.6 Å². The van der Waals surface area contributed by atoms with E-state index < -0.39 is 0 Å². The number of halogens is 2. The van der Waals surface area contributed by atoms with Gasteiger partial charge in [-0.3, -0.25) is 4.40 Å². The van der Waals surface area contributed by atoms with E-state index in [1.165, 1.54) is 0 Å². The van der Waals surface area contributed by atoms with Gasteiger partial charge in [-0.2, -0.15) is 0 Å². The van der Waals surface area contributed by atoms with Crippen LogP contribution in [0, 0.1) is 0 Å². The first kappa shape index (κ1) is 12.8.